The van der Waals surface area contributed by atoms with Gasteiger partial charge in [-0.25, -0.2) is 0 Å². The van der Waals surface area contributed by atoms with Gasteiger partial charge in [0.05, 0.1) is 18.6 Å². The molecule has 1 heterocycles. The van der Waals surface area contributed by atoms with Crippen molar-refractivity contribution in [2.45, 2.75) is 45.8 Å². The van der Waals surface area contributed by atoms with E-state index in [9.17, 15) is 4.79 Å². The first kappa shape index (κ1) is 16.9. The zero-order chi connectivity index (χ0) is 16.1. The minimum atomic E-state index is -0.987. The summed E-state index contributed by atoms with van der Waals surface area (Å²) < 4.78 is 12.2. The lowest BCUT2D eigenvalue weighted by atomic mass is 9.73. The van der Waals surface area contributed by atoms with Gasteiger partial charge >= 0.3 is 0 Å². The molecule has 0 aromatic heterocycles. The number of ether oxygens (including phenoxy) is 2. The van der Waals surface area contributed by atoms with Crippen LogP contribution >= 0.6 is 0 Å². The fraction of sp³-hybridized carbons (Fsp3) is 0.526. The normalized spacial score (nSPS) is 18.5. The zero-order valence-corrected chi connectivity index (χ0v) is 13.8. The molecule has 2 rings (SSSR count). The Morgan fingerprint density at radius 1 is 1.23 bits per heavy atom. The summed E-state index contributed by atoms with van der Waals surface area (Å²) in [4.78, 5) is 12.8. The van der Waals surface area contributed by atoms with Gasteiger partial charge in [0.15, 0.2) is 0 Å². The Hall–Kier alpha value is -1.45. The van der Waals surface area contributed by atoms with E-state index in [1.54, 1.807) is 0 Å². The van der Waals surface area contributed by atoms with Gasteiger partial charge in [0.25, 0.3) is 0 Å². The first-order valence-corrected chi connectivity index (χ1v) is 8.02. The van der Waals surface area contributed by atoms with E-state index >= 15 is 0 Å². The highest BCUT2D eigenvalue weighted by Crippen LogP contribution is 2.47. The topological polar surface area (TPSA) is 35.5 Å². The molecule has 1 aliphatic heterocycles. The summed E-state index contributed by atoms with van der Waals surface area (Å²) >= 11 is 0. The molecule has 0 amide bonds. The number of hydrogen-bond acceptors (Lipinski definition) is 3. The number of carbonyl (C=O) groups is 1. The maximum atomic E-state index is 12.8. The van der Waals surface area contributed by atoms with E-state index in [1.807, 2.05) is 63.3 Å². The lowest BCUT2D eigenvalue weighted by molar-refractivity contribution is -0.319. The minimum Gasteiger partial charge on any atom is -0.345 e. The number of rotatable bonds is 6. The van der Waals surface area contributed by atoms with Crippen LogP contribution in [0.15, 0.2) is 42.5 Å². The minimum absolute atomic E-state index is 0.163. The average molecular weight is 302 g/mol. The SMILES string of the molecule is CC=CCCC(=O)C(C)(C)C1(c2ccccc2)OCCCO1. The Labute approximate surface area is 133 Å². The third-order valence-corrected chi connectivity index (χ3v) is 4.35. The third kappa shape index (κ3) is 3.16. The van der Waals surface area contributed by atoms with Gasteiger partial charge in [-0.15, -0.1) is 0 Å². The van der Waals surface area contributed by atoms with Crippen molar-refractivity contribution in [3.8, 4) is 0 Å². The summed E-state index contributed by atoms with van der Waals surface area (Å²) in [5, 5.41) is 0. The van der Waals surface area contributed by atoms with E-state index < -0.39 is 11.2 Å². The Bertz CT molecular complexity index is 511. The van der Waals surface area contributed by atoms with Crippen molar-refractivity contribution in [2.24, 2.45) is 5.41 Å². The summed E-state index contributed by atoms with van der Waals surface area (Å²) in [7, 11) is 0. The van der Waals surface area contributed by atoms with Gasteiger partial charge in [0.2, 0.25) is 5.79 Å². The van der Waals surface area contributed by atoms with Gasteiger partial charge < -0.3 is 9.47 Å². The molecule has 3 nitrogen and oxygen atoms in total. The standard InChI is InChI=1S/C19H26O3/c1-4-5-7-13-17(20)18(2,3)19(21-14-10-15-22-19)16-11-8-6-9-12-16/h4-6,8-9,11-12H,7,10,13-15H2,1-3H3. The van der Waals surface area contributed by atoms with Crippen LogP contribution in [-0.2, 0) is 20.1 Å². The molecular formula is C19H26O3. The zero-order valence-electron chi connectivity index (χ0n) is 13.8. The van der Waals surface area contributed by atoms with Crippen LogP contribution in [0.1, 0.15) is 45.6 Å². The van der Waals surface area contributed by atoms with E-state index in [4.69, 9.17) is 9.47 Å². The second-order valence-electron chi connectivity index (χ2n) is 6.19. The summed E-state index contributed by atoms with van der Waals surface area (Å²) in [5.74, 6) is -0.823. The van der Waals surface area contributed by atoms with Crippen LogP contribution < -0.4 is 0 Å². The molecule has 0 aliphatic carbocycles. The highest BCUT2D eigenvalue weighted by molar-refractivity contribution is 5.85. The Balaban J connectivity index is 2.33. The molecule has 0 bridgehead atoms. The van der Waals surface area contributed by atoms with E-state index in [2.05, 4.69) is 0 Å². The molecule has 0 saturated carbocycles. The molecular weight excluding hydrogens is 276 g/mol. The summed E-state index contributed by atoms with van der Waals surface area (Å²) in [5.41, 5.74) is 0.176. The molecule has 120 valence electrons. The average Bonchev–Trinajstić information content (AvgIpc) is 2.56. The Kier molecular flexibility index (Phi) is 5.54. The van der Waals surface area contributed by atoms with E-state index in [1.165, 1.54) is 0 Å². The predicted octanol–water partition coefficient (Wildman–Crippen LogP) is 4.23. The predicted molar refractivity (Wildman–Crippen MR) is 87.5 cm³/mol. The van der Waals surface area contributed by atoms with Crippen molar-refractivity contribution in [2.75, 3.05) is 13.2 Å². The molecule has 1 saturated heterocycles. The van der Waals surface area contributed by atoms with Crippen LogP contribution in [0.5, 0.6) is 0 Å². The lowest BCUT2D eigenvalue weighted by Crippen LogP contribution is -2.53. The number of hydrogen-bond donors (Lipinski definition) is 0. The largest absolute Gasteiger partial charge is 0.345 e. The highest BCUT2D eigenvalue weighted by atomic mass is 16.7. The molecule has 0 N–H and O–H groups in total. The van der Waals surface area contributed by atoms with Gasteiger partial charge in [-0.2, -0.15) is 0 Å². The van der Waals surface area contributed by atoms with Crippen molar-refractivity contribution in [3.05, 3.63) is 48.0 Å². The maximum absolute atomic E-state index is 12.8. The Morgan fingerprint density at radius 2 is 1.86 bits per heavy atom. The van der Waals surface area contributed by atoms with Crippen molar-refractivity contribution >= 4 is 5.78 Å². The number of Topliss-reactive ketones (excluding diaryl/α,β-unsaturated/α-hetero) is 1. The van der Waals surface area contributed by atoms with Gasteiger partial charge in [-0.1, -0.05) is 42.5 Å². The highest BCUT2D eigenvalue weighted by Gasteiger charge is 2.54. The third-order valence-electron chi connectivity index (χ3n) is 4.35. The molecule has 22 heavy (non-hydrogen) atoms. The lowest BCUT2D eigenvalue weighted by Gasteiger charge is -2.47. The van der Waals surface area contributed by atoms with Crippen LogP contribution in [0.4, 0.5) is 0 Å². The summed E-state index contributed by atoms with van der Waals surface area (Å²) in [6.07, 6.45) is 6.10. The van der Waals surface area contributed by atoms with Gasteiger partial charge in [0, 0.05) is 12.0 Å². The maximum Gasteiger partial charge on any atom is 0.207 e. The van der Waals surface area contributed by atoms with Crippen molar-refractivity contribution in [1.82, 2.24) is 0 Å². The molecule has 3 heteroatoms. The van der Waals surface area contributed by atoms with Crippen LogP contribution in [0.25, 0.3) is 0 Å². The van der Waals surface area contributed by atoms with Crippen molar-refractivity contribution in [1.29, 1.82) is 0 Å². The fourth-order valence-electron chi connectivity index (χ4n) is 2.96. The first-order chi connectivity index (χ1) is 10.5. The van der Waals surface area contributed by atoms with Gasteiger partial charge in [0.1, 0.15) is 5.78 Å². The number of allylic oxidation sites excluding steroid dienone is 2. The molecule has 1 aromatic carbocycles. The number of benzene rings is 1. The van der Waals surface area contributed by atoms with E-state index in [-0.39, 0.29) is 5.78 Å². The Morgan fingerprint density at radius 3 is 2.45 bits per heavy atom. The molecule has 1 aliphatic rings. The first-order valence-electron chi connectivity index (χ1n) is 8.02. The summed E-state index contributed by atoms with van der Waals surface area (Å²) in [6.45, 7) is 7.06. The van der Waals surface area contributed by atoms with E-state index in [0.29, 0.717) is 19.6 Å². The second kappa shape index (κ2) is 7.21. The molecule has 0 radical (unpaired) electrons. The molecule has 1 fully saturated rings. The molecule has 0 unspecified atom stereocenters. The summed E-state index contributed by atoms with van der Waals surface area (Å²) in [6, 6.07) is 9.83. The second-order valence-corrected chi connectivity index (χ2v) is 6.19. The monoisotopic (exact) mass is 302 g/mol. The van der Waals surface area contributed by atoms with Crippen molar-refractivity contribution < 1.29 is 14.3 Å². The van der Waals surface area contributed by atoms with E-state index in [0.717, 1.165) is 18.4 Å². The molecule has 0 spiro atoms. The smallest absolute Gasteiger partial charge is 0.207 e. The quantitative estimate of drug-likeness (QED) is 0.738. The molecule has 0 atom stereocenters. The van der Waals surface area contributed by atoms with Crippen molar-refractivity contribution in [3.63, 3.8) is 0 Å². The van der Waals surface area contributed by atoms with Crippen LogP contribution in [0, 0.1) is 5.41 Å². The fourth-order valence-corrected chi connectivity index (χ4v) is 2.96. The van der Waals surface area contributed by atoms with Crippen LogP contribution in [-0.4, -0.2) is 19.0 Å². The van der Waals surface area contributed by atoms with Gasteiger partial charge in [-0.05, 0) is 33.6 Å². The van der Waals surface area contributed by atoms with Crippen LogP contribution in [0.3, 0.4) is 0 Å². The van der Waals surface area contributed by atoms with Gasteiger partial charge in [-0.3, -0.25) is 4.79 Å². The van der Waals surface area contributed by atoms with Crippen LogP contribution in [0.2, 0.25) is 0 Å². The number of carbonyl (C=O) groups excluding carboxylic acids is 1. The molecule has 1 aromatic rings. The number of ketones is 1.